The third-order valence-electron chi connectivity index (χ3n) is 3.48. The molecule has 1 saturated carbocycles. The minimum Gasteiger partial charge on any atom is -0.313 e. The monoisotopic (exact) mass is 287 g/mol. The van der Waals surface area contributed by atoms with Crippen molar-refractivity contribution in [1.82, 2.24) is 5.32 Å². The summed E-state index contributed by atoms with van der Waals surface area (Å²) in [7, 11) is -3.00. The summed E-state index contributed by atoms with van der Waals surface area (Å²) >= 11 is 0. The second kappa shape index (κ2) is 6.23. The maximum atomic E-state index is 12.4. The van der Waals surface area contributed by atoms with Crippen molar-refractivity contribution in [3.63, 3.8) is 0 Å². The fourth-order valence-electron chi connectivity index (χ4n) is 2.19. The maximum Gasteiger partial charge on any atom is 0.391 e. The van der Waals surface area contributed by atoms with Gasteiger partial charge in [0, 0.05) is 18.3 Å². The minimum atomic E-state index is -4.09. The molecule has 18 heavy (non-hydrogen) atoms. The molecule has 0 amide bonds. The van der Waals surface area contributed by atoms with Gasteiger partial charge in [0.15, 0.2) is 9.84 Å². The summed E-state index contributed by atoms with van der Waals surface area (Å²) in [5, 5.41) is 3.04. The third kappa shape index (κ3) is 5.14. The van der Waals surface area contributed by atoms with Gasteiger partial charge in [-0.1, -0.05) is 6.92 Å². The Labute approximate surface area is 106 Å². The molecule has 0 radical (unpaired) electrons. The van der Waals surface area contributed by atoms with Crippen LogP contribution in [-0.2, 0) is 9.84 Å². The zero-order valence-corrected chi connectivity index (χ0v) is 11.3. The smallest absolute Gasteiger partial charge is 0.313 e. The number of hydrogen-bond donors (Lipinski definition) is 1. The van der Waals surface area contributed by atoms with E-state index in [0.29, 0.717) is 19.4 Å². The molecule has 0 spiro atoms. The lowest BCUT2D eigenvalue weighted by atomic mass is 9.85. The van der Waals surface area contributed by atoms with Crippen LogP contribution in [0.25, 0.3) is 0 Å². The third-order valence-corrected chi connectivity index (χ3v) is 5.18. The van der Waals surface area contributed by atoms with Gasteiger partial charge in [-0.05, 0) is 25.7 Å². The minimum absolute atomic E-state index is 0.0238. The van der Waals surface area contributed by atoms with E-state index < -0.39 is 21.9 Å². The van der Waals surface area contributed by atoms with Crippen LogP contribution >= 0.6 is 0 Å². The molecule has 1 aliphatic rings. The number of halogens is 3. The van der Waals surface area contributed by atoms with Crippen LogP contribution in [0.15, 0.2) is 0 Å². The van der Waals surface area contributed by atoms with Crippen molar-refractivity contribution >= 4 is 9.84 Å². The van der Waals surface area contributed by atoms with Gasteiger partial charge in [-0.2, -0.15) is 13.2 Å². The van der Waals surface area contributed by atoms with Crippen LogP contribution in [0.2, 0.25) is 0 Å². The highest BCUT2D eigenvalue weighted by Crippen LogP contribution is 2.37. The van der Waals surface area contributed by atoms with E-state index in [1.807, 2.05) is 0 Å². The van der Waals surface area contributed by atoms with Crippen LogP contribution in [0.1, 0.15) is 32.6 Å². The molecule has 108 valence electrons. The summed E-state index contributed by atoms with van der Waals surface area (Å²) in [6, 6.07) is 0.0238. The number of hydrogen-bond acceptors (Lipinski definition) is 3. The molecule has 1 rings (SSSR count). The summed E-state index contributed by atoms with van der Waals surface area (Å²) in [4.78, 5) is 0. The number of sulfone groups is 1. The van der Waals surface area contributed by atoms with Crippen molar-refractivity contribution in [3.05, 3.63) is 0 Å². The zero-order chi connectivity index (χ0) is 13.8. The predicted molar refractivity (Wildman–Crippen MR) is 64.1 cm³/mol. The summed E-state index contributed by atoms with van der Waals surface area (Å²) in [6.07, 6.45) is -2.87. The van der Waals surface area contributed by atoms with Crippen molar-refractivity contribution in [2.24, 2.45) is 5.92 Å². The molecule has 1 fully saturated rings. The second-order valence-electron chi connectivity index (χ2n) is 4.78. The van der Waals surface area contributed by atoms with Crippen LogP contribution in [0.3, 0.4) is 0 Å². The van der Waals surface area contributed by atoms with Gasteiger partial charge < -0.3 is 5.32 Å². The summed E-state index contributed by atoms with van der Waals surface area (Å²) in [5.74, 6) is -1.02. The van der Waals surface area contributed by atoms with Crippen LogP contribution in [0.5, 0.6) is 0 Å². The van der Waals surface area contributed by atoms with Crippen LogP contribution in [0.4, 0.5) is 13.2 Å². The van der Waals surface area contributed by atoms with Gasteiger partial charge in [0.1, 0.15) is 0 Å². The summed E-state index contributed by atoms with van der Waals surface area (Å²) < 4.78 is 59.7. The average molecular weight is 287 g/mol. The van der Waals surface area contributed by atoms with E-state index in [4.69, 9.17) is 0 Å². The molecule has 7 heteroatoms. The Morgan fingerprint density at radius 2 is 1.72 bits per heavy atom. The van der Waals surface area contributed by atoms with E-state index in [1.54, 1.807) is 6.92 Å². The fraction of sp³-hybridized carbons (Fsp3) is 1.00. The molecule has 1 N–H and O–H groups in total. The van der Waals surface area contributed by atoms with Gasteiger partial charge >= 0.3 is 6.18 Å². The van der Waals surface area contributed by atoms with E-state index in [-0.39, 0.29) is 30.4 Å². The number of alkyl halides is 3. The molecule has 0 aromatic rings. The van der Waals surface area contributed by atoms with Crippen molar-refractivity contribution in [1.29, 1.82) is 0 Å². The molecular formula is C11H20F3NO2S. The van der Waals surface area contributed by atoms with Crippen molar-refractivity contribution in [2.45, 2.75) is 44.8 Å². The Kier molecular flexibility index (Phi) is 5.46. The lowest BCUT2D eigenvalue weighted by molar-refractivity contribution is -0.182. The quantitative estimate of drug-likeness (QED) is 0.842. The van der Waals surface area contributed by atoms with Gasteiger partial charge in [0.2, 0.25) is 0 Å². The van der Waals surface area contributed by atoms with E-state index in [9.17, 15) is 21.6 Å². The topological polar surface area (TPSA) is 46.2 Å². The van der Waals surface area contributed by atoms with Gasteiger partial charge in [-0.15, -0.1) is 0 Å². The molecule has 0 atom stereocenters. The van der Waals surface area contributed by atoms with Gasteiger partial charge in [0.05, 0.1) is 11.7 Å². The first-order valence-corrected chi connectivity index (χ1v) is 8.07. The normalized spacial score (nSPS) is 26.2. The molecule has 0 aromatic heterocycles. The van der Waals surface area contributed by atoms with Gasteiger partial charge in [-0.25, -0.2) is 8.42 Å². The largest absolute Gasteiger partial charge is 0.391 e. The molecule has 0 bridgehead atoms. The highest BCUT2D eigenvalue weighted by Gasteiger charge is 2.41. The van der Waals surface area contributed by atoms with Crippen molar-refractivity contribution < 1.29 is 21.6 Å². The molecule has 0 saturated heterocycles. The SMILES string of the molecule is CCS(=O)(=O)CCNC1CCC(C(F)(F)F)CC1. The highest BCUT2D eigenvalue weighted by atomic mass is 32.2. The molecule has 3 nitrogen and oxygen atoms in total. The highest BCUT2D eigenvalue weighted by molar-refractivity contribution is 7.91. The van der Waals surface area contributed by atoms with E-state index in [0.717, 1.165) is 0 Å². The first-order valence-electron chi connectivity index (χ1n) is 6.25. The molecule has 1 aliphatic carbocycles. The van der Waals surface area contributed by atoms with Crippen LogP contribution in [0, 0.1) is 5.92 Å². The van der Waals surface area contributed by atoms with Gasteiger partial charge in [-0.3, -0.25) is 0 Å². The molecule has 0 unspecified atom stereocenters. The Bertz CT molecular complexity index is 346. The van der Waals surface area contributed by atoms with E-state index in [1.165, 1.54) is 0 Å². The predicted octanol–water partition coefficient (Wildman–Crippen LogP) is 2.13. The Morgan fingerprint density at radius 1 is 1.17 bits per heavy atom. The number of rotatable bonds is 5. The lowest BCUT2D eigenvalue weighted by Gasteiger charge is -2.30. The van der Waals surface area contributed by atoms with Crippen LogP contribution in [-0.4, -0.2) is 38.7 Å². The van der Waals surface area contributed by atoms with E-state index >= 15 is 0 Å². The summed E-state index contributed by atoms with van der Waals surface area (Å²) in [6.45, 7) is 1.92. The molecule has 0 aromatic carbocycles. The van der Waals surface area contributed by atoms with E-state index in [2.05, 4.69) is 5.32 Å². The number of nitrogens with one attached hydrogen (secondary N) is 1. The second-order valence-corrected chi connectivity index (χ2v) is 7.25. The first kappa shape index (κ1) is 15.8. The lowest BCUT2D eigenvalue weighted by Crippen LogP contribution is -2.39. The first-order chi connectivity index (χ1) is 8.24. The standard InChI is InChI=1S/C11H20F3NO2S/c1-2-18(16,17)8-7-15-10-5-3-9(4-6-10)11(12,13)14/h9-10,15H,2-8H2,1H3. The maximum absolute atomic E-state index is 12.4. The average Bonchev–Trinajstić information content (AvgIpc) is 2.28. The molecule has 0 aliphatic heterocycles. The Balaban J connectivity index is 2.25. The fourth-order valence-corrected chi connectivity index (χ4v) is 2.91. The Hall–Kier alpha value is -0.300. The zero-order valence-electron chi connectivity index (χ0n) is 10.5. The van der Waals surface area contributed by atoms with Crippen molar-refractivity contribution in [3.8, 4) is 0 Å². The van der Waals surface area contributed by atoms with Crippen LogP contribution < -0.4 is 5.32 Å². The van der Waals surface area contributed by atoms with Gasteiger partial charge in [0.25, 0.3) is 0 Å². The molecular weight excluding hydrogens is 267 g/mol. The molecule has 0 heterocycles. The summed E-state index contributed by atoms with van der Waals surface area (Å²) in [5.41, 5.74) is 0. The van der Waals surface area contributed by atoms with Crippen molar-refractivity contribution in [2.75, 3.05) is 18.1 Å². The Morgan fingerprint density at radius 3 is 2.17 bits per heavy atom.